The highest BCUT2D eigenvalue weighted by atomic mass is 16.5. The average Bonchev–Trinajstić information content (AvgIpc) is 2.78. The zero-order valence-electron chi connectivity index (χ0n) is 17.2. The maximum atomic E-state index is 12.5. The second-order valence-corrected chi connectivity index (χ2v) is 8.48. The summed E-state index contributed by atoms with van der Waals surface area (Å²) in [5.41, 5.74) is 0.940. The Bertz CT molecular complexity index is 777. The number of carbonyl (C=O) groups excluding carboxylic acids is 1. The third-order valence-electron chi connectivity index (χ3n) is 6.36. The van der Waals surface area contributed by atoms with Crippen molar-refractivity contribution in [1.82, 2.24) is 0 Å². The van der Waals surface area contributed by atoms with Crippen molar-refractivity contribution >= 4 is 5.97 Å². The van der Waals surface area contributed by atoms with Crippen molar-refractivity contribution in [3.8, 4) is 23.7 Å². The molecule has 1 aromatic carbocycles. The number of nitriles is 1. The highest BCUT2D eigenvalue weighted by Crippen LogP contribution is 2.32. The van der Waals surface area contributed by atoms with Crippen LogP contribution >= 0.6 is 0 Å². The van der Waals surface area contributed by atoms with Gasteiger partial charge in [-0.3, -0.25) is 4.79 Å². The Morgan fingerprint density at radius 3 is 2.31 bits per heavy atom. The molecule has 0 heterocycles. The van der Waals surface area contributed by atoms with Gasteiger partial charge in [0.05, 0.1) is 12.0 Å². The normalized spacial score (nSPS) is 26.4. The quantitative estimate of drug-likeness (QED) is 0.267. The summed E-state index contributed by atoms with van der Waals surface area (Å²) in [6.07, 6.45) is 12.2. The minimum atomic E-state index is -0.0970. The smallest absolute Gasteiger partial charge is 0.314 e. The third-order valence-corrected chi connectivity index (χ3v) is 6.36. The first kappa shape index (κ1) is 21.2. The number of hydrogen-bond donors (Lipinski definition) is 0. The molecule has 3 heteroatoms. The van der Waals surface area contributed by atoms with Gasteiger partial charge in [0.1, 0.15) is 5.75 Å². The van der Waals surface area contributed by atoms with Gasteiger partial charge in [-0.1, -0.05) is 17.9 Å². The Labute approximate surface area is 175 Å². The third kappa shape index (κ3) is 6.50. The lowest BCUT2D eigenvalue weighted by Crippen LogP contribution is -2.25. The summed E-state index contributed by atoms with van der Waals surface area (Å²) in [6, 6.07) is 9.87. The van der Waals surface area contributed by atoms with Crippen molar-refractivity contribution in [1.29, 1.82) is 5.26 Å². The summed E-state index contributed by atoms with van der Waals surface area (Å²) < 4.78 is 5.61. The highest BCUT2D eigenvalue weighted by molar-refractivity contribution is 5.75. The van der Waals surface area contributed by atoms with Crippen LogP contribution in [0.5, 0.6) is 5.75 Å². The lowest BCUT2D eigenvalue weighted by molar-refractivity contribution is -0.140. The van der Waals surface area contributed by atoms with Crippen LogP contribution in [0.3, 0.4) is 0 Å². The zero-order valence-corrected chi connectivity index (χ0v) is 17.2. The van der Waals surface area contributed by atoms with E-state index >= 15 is 0 Å². The van der Waals surface area contributed by atoms with E-state index in [9.17, 15) is 4.79 Å². The molecule has 0 N–H and O–H groups in total. The molecule has 0 radical (unpaired) electrons. The van der Waals surface area contributed by atoms with Gasteiger partial charge >= 0.3 is 5.97 Å². The number of benzene rings is 1. The largest absolute Gasteiger partial charge is 0.426 e. The molecular weight excluding hydrogens is 358 g/mol. The molecule has 2 fully saturated rings. The standard InChI is InChI=1S/C26H31NO2/c1-2-3-4-20-11-15-24(16-12-20)26(28)29-25-17-13-22(14-18-25)6-5-21-7-9-23(19-27)10-8-21/h2,13-14,17-18,20-21,23-24H,1,3-4,7-12,15-16H2/t20?,21-,23-,24?. The first-order valence-corrected chi connectivity index (χ1v) is 11.0. The average molecular weight is 390 g/mol. The fourth-order valence-electron chi connectivity index (χ4n) is 4.40. The van der Waals surface area contributed by atoms with E-state index in [0.29, 0.717) is 11.7 Å². The van der Waals surface area contributed by atoms with Crippen LogP contribution in [-0.4, -0.2) is 5.97 Å². The zero-order chi connectivity index (χ0) is 20.5. The second-order valence-electron chi connectivity index (χ2n) is 8.48. The van der Waals surface area contributed by atoms with Crippen LogP contribution in [0.2, 0.25) is 0 Å². The summed E-state index contributed by atoms with van der Waals surface area (Å²) in [6.45, 7) is 3.79. The summed E-state index contributed by atoms with van der Waals surface area (Å²) in [4.78, 5) is 12.5. The summed E-state index contributed by atoms with van der Waals surface area (Å²) in [5.74, 6) is 8.43. The van der Waals surface area contributed by atoms with E-state index in [1.165, 1.54) is 6.42 Å². The van der Waals surface area contributed by atoms with E-state index in [1.807, 2.05) is 30.3 Å². The second kappa shape index (κ2) is 10.9. The monoisotopic (exact) mass is 389 g/mol. The topological polar surface area (TPSA) is 50.1 Å². The van der Waals surface area contributed by atoms with E-state index in [4.69, 9.17) is 10.00 Å². The van der Waals surface area contributed by atoms with E-state index < -0.39 is 0 Å². The van der Waals surface area contributed by atoms with Crippen molar-refractivity contribution in [3.63, 3.8) is 0 Å². The van der Waals surface area contributed by atoms with Gasteiger partial charge in [0.15, 0.2) is 0 Å². The molecule has 0 spiro atoms. The predicted octanol–water partition coefficient (Wildman–Crippen LogP) is 6.05. The summed E-state index contributed by atoms with van der Waals surface area (Å²) >= 11 is 0. The van der Waals surface area contributed by atoms with Crippen LogP contribution in [-0.2, 0) is 4.79 Å². The Kier molecular flexibility index (Phi) is 7.94. The van der Waals surface area contributed by atoms with Gasteiger partial charge in [0.2, 0.25) is 0 Å². The molecule has 0 saturated heterocycles. The predicted molar refractivity (Wildman–Crippen MR) is 115 cm³/mol. The number of allylic oxidation sites excluding steroid dienone is 1. The van der Waals surface area contributed by atoms with Crippen molar-refractivity contribution in [2.45, 2.75) is 64.2 Å². The molecule has 3 rings (SSSR count). The van der Waals surface area contributed by atoms with Crippen LogP contribution in [0.4, 0.5) is 0 Å². The summed E-state index contributed by atoms with van der Waals surface area (Å²) in [5, 5.41) is 8.97. The minimum absolute atomic E-state index is 0.0259. The molecule has 0 aromatic heterocycles. The number of carbonyl (C=O) groups is 1. The van der Waals surface area contributed by atoms with Gasteiger partial charge in [-0.05, 0) is 94.4 Å². The van der Waals surface area contributed by atoms with Crippen molar-refractivity contribution < 1.29 is 9.53 Å². The number of nitrogens with zero attached hydrogens (tertiary/aromatic N) is 1. The Morgan fingerprint density at radius 1 is 1.03 bits per heavy atom. The molecule has 3 nitrogen and oxygen atoms in total. The van der Waals surface area contributed by atoms with Crippen LogP contribution in [0, 0.1) is 46.8 Å². The Hall–Kier alpha value is -2.52. The van der Waals surface area contributed by atoms with E-state index in [2.05, 4.69) is 24.5 Å². The first-order valence-electron chi connectivity index (χ1n) is 11.0. The number of rotatable bonds is 5. The lowest BCUT2D eigenvalue weighted by atomic mass is 9.80. The number of esters is 1. The molecule has 152 valence electrons. The van der Waals surface area contributed by atoms with Gasteiger partial charge in [-0.15, -0.1) is 6.58 Å². The van der Waals surface area contributed by atoms with Crippen LogP contribution in [0.15, 0.2) is 36.9 Å². The Morgan fingerprint density at radius 2 is 1.69 bits per heavy atom. The van der Waals surface area contributed by atoms with E-state index in [0.717, 1.165) is 69.3 Å². The molecule has 0 amide bonds. The van der Waals surface area contributed by atoms with Gasteiger partial charge in [-0.2, -0.15) is 5.26 Å². The van der Waals surface area contributed by atoms with Gasteiger partial charge in [0.25, 0.3) is 0 Å². The van der Waals surface area contributed by atoms with E-state index in [-0.39, 0.29) is 17.8 Å². The minimum Gasteiger partial charge on any atom is -0.426 e. The fourth-order valence-corrected chi connectivity index (χ4v) is 4.40. The Balaban J connectivity index is 1.45. The lowest BCUT2D eigenvalue weighted by Gasteiger charge is -2.26. The molecule has 29 heavy (non-hydrogen) atoms. The van der Waals surface area contributed by atoms with Gasteiger partial charge in [0, 0.05) is 17.4 Å². The van der Waals surface area contributed by atoms with Crippen LogP contribution in [0.25, 0.3) is 0 Å². The molecule has 0 atom stereocenters. The van der Waals surface area contributed by atoms with E-state index in [1.54, 1.807) is 0 Å². The molecule has 2 aliphatic carbocycles. The van der Waals surface area contributed by atoms with Crippen LogP contribution < -0.4 is 4.74 Å². The molecule has 1 aromatic rings. The van der Waals surface area contributed by atoms with Crippen molar-refractivity contribution in [3.05, 3.63) is 42.5 Å². The fraction of sp³-hybridized carbons (Fsp3) is 0.538. The molecule has 0 aliphatic heterocycles. The highest BCUT2D eigenvalue weighted by Gasteiger charge is 2.27. The summed E-state index contributed by atoms with van der Waals surface area (Å²) in [7, 11) is 0. The van der Waals surface area contributed by atoms with Crippen LogP contribution in [0.1, 0.15) is 69.8 Å². The van der Waals surface area contributed by atoms with Crippen molar-refractivity contribution in [2.75, 3.05) is 0 Å². The molecule has 2 saturated carbocycles. The SMILES string of the molecule is C=CCCC1CCC(C(=O)Oc2ccc(C#C[C@H]3CC[C@H](C#N)CC3)cc2)CC1. The maximum absolute atomic E-state index is 12.5. The van der Waals surface area contributed by atoms with Gasteiger partial charge in [-0.25, -0.2) is 0 Å². The molecule has 0 unspecified atom stereocenters. The van der Waals surface area contributed by atoms with Gasteiger partial charge < -0.3 is 4.74 Å². The van der Waals surface area contributed by atoms with Crippen molar-refractivity contribution in [2.24, 2.45) is 23.7 Å². The first-order chi connectivity index (χ1) is 14.2. The molecule has 0 bridgehead atoms. The maximum Gasteiger partial charge on any atom is 0.314 e. The number of ether oxygens (including phenoxy) is 1. The molecular formula is C26H31NO2. The number of hydrogen-bond acceptors (Lipinski definition) is 3. The molecule has 2 aliphatic rings.